The van der Waals surface area contributed by atoms with Crippen LogP contribution in [-0.4, -0.2) is 17.9 Å². The Balaban J connectivity index is 1.75. The topological polar surface area (TPSA) is 40.6 Å². The third kappa shape index (κ3) is 4.02. The van der Waals surface area contributed by atoms with Gasteiger partial charge in [0.1, 0.15) is 0 Å². The third-order valence-electron chi connectivity index (χ3n) is 5.87. The van der Waals surface area contributed by atoms with Gasteiger partial charge in [-0.1, -0.05) is 50.2 Å². The molecule has 3 aromatic rings. The van der Waals surface area contributed by atoms with Gasteiger partial charge in [-0.05, 0) is 55.2 Å². The second-order valence-corrected chi connectivity index (χ2v) is 9.53. The zero-order valence-electron chi connectivity index (χ0n) is 18.4. The molecular formula is C26H28N2O2S. The fourth-order valence-electron chi connectivity index (χ4n) is 4.40. The Bertz CT molecular complexity index is 1090. The highest BCUT2D eigenvalue weighted by Crippen LogP contribution is 2.43. The number of carbonyl (C=O) groups is 2. The second kappa shape index (κ2) is 8.67. The number of rotatable bonds is 4. The van der Waals surface area contributed by atoms with Crippen LogP contribution in [0.4, 0.5) is 11.4 Å². The van der Waals surface area contributed by atoms with Crippen LogP contribution in [0, 0.1) is 0 Å². The molecule has 0 saturated heterocycles. The number of thiophene rings is 1. The van der Waals surface area contributed by atoms with E-state index in [2.05, 4.69) is 26.8 Å². The fourth-order valence-corrected chi connectivity index (χ4v) is 5.35. The average Bonchev–Trinajstić information content (AvgIpc) is 3.25. The molecule has 2 heterocycles. The molecule has 4 rings (SSSR count). The predicted octanol–water partition coefficient (Wildman–Crippen LogP) is 6.40. The van der Waals surface area contributed by atoms with Gasteiger partial charge in [-0.25, -0.2) is 0 Å². The SMILES string of the molecule is CC(=O)N(c1ccccc1)[C@H]1CC(C)N(C(=O)c2ccc(C(C)C)s2)c2ccccc21. The summed E-state index contributed by atoms with van der Waals surface area (Å²) in [5.74, 6) is 0.430. The minimum atomic E-state index is -0.121. The summed E-state index contributed by atoms with van der Waals surface area (Å²) in [7, 11) is 0. The lowest BCUT2D eigenvalue weighted by Gasteiger charge is -2.43. The number of carbonyl (C=O) groups excluding carboxylic acids is 2. The van der Waals surface area contributed by atoms with Gasteiger partial charge in [-0.3, -0.25) is 9.59 Å². The molecule has 5 heteroatoms. The van der Waals surface area contributed by atoms with Crippen molar-refractivity contribution < 1.29 is 9.59 Å². The first kappa shape index (κ1) is 21.3. The lowest BCUT2D eigenvalue weighted by atomic mass is 9.89. The molecule has 2 amide bonds. The standard InChI is InChI=1S/C26H28N2O2S/c1-17(2)24-14-15-25(31-24)26(30)27-18(3)16-23(21-12-8-9-13-22(21)27)28(19(4)29)20-10-6-5-7-11-20/h5-15,17-18,23H,16H2,1-4H3/t18?,23-/m0/s1. The number of nitrogens with zero attached hydrogens (tertiary/aromatic N) is 2. The molecule has 1 aliphatic heterocycles. The van der Waals surface area contributed by atoms with Gasteiger partial charge in [0, 0.05) is 29.2 Å². The maximum absolute atomic E-state index is 13.5. The first-order chi connectivity index (χ1) is 14.9. The van der Waals surface area contributed by atoms with E-state index in [0.717, 1.165) is 21.8 Å². The van der Waals surface area contributed by atoms with E-state index in [-0.39, 0.29) is 23.9 Å². The van der Waals surface area contributed by atoms with Crippen LogP contribution in [0.1, 0.15) is 66.2 Å². The van der Waals surface area contributed by atoms with Crippen molar-refractivity contribution in [1.29, 1.82) is 0 Å². The predicted molar refractivity (Wildman–Crippen MR) is 128 cm³/mol. The molecule has 1 unspecified atom stereocenters. The summed E-state index contributed by atoms with van der Waals surface area (Å²) in [6.07, 6.45) is 0.680. The van der Waals surface area contributed by atoms with Crippen LogP contribution in [0.15, 0.2) is 66.7 Å². The highest BCUT2D eigenvalue weighted by Gasteiger charge is 2.38. The van der Waals surface area contributed by atoms with E-state index in [0.29, 0.717) is 12.3 Å². The number of para-hydroxylation sites is 2. The molecule has 0 radical (unpaired) electrons. The fraction of sp³-hybridized carbons (Fsp3) is 0.308. The third-order valence-corrected chi connectivity index (χ3v) is 7.24. The smallest absolute Gasteiger partial charge is 0.268 e. The summed E-state index contributed by atoms with van der Waals surface area (Å²) in [6.45, 7) is 7.96. The van der Waals surface area contributed by atoms with Gasteiger partial charge in [-0.2, -0.15) is 0 Å². The lowest BCUT2D eigenvalue weighted by molar-refractivity contribution is -0.117. The minimum absolute atomic E-state index is 0.00203. The number of hydrogen-bond donors (Lipinski definition) is 0. The van der Waals surface area contributed by atoms with Crippen molar-refractivity contribution in [2.75, 3.05) is 9.80 Å². The van der Waals surface area contributed by atoms with Crippen LogP contribution in [0.5, 0.6) is 0 Å². The maximum atomic E-state index is 13.5. The van der Waals surface area contributed by atoms with Crippen molar-refractivity contribution in [3.05, 3.63) is 82.0 Å². The number of benzene rings is 2. The normalized spacial score (nSPS) is 18.0. The summed E-state index contributed by atoms with van der Waals surface area (Å²) in [4.78, 5) is 32.0. The Morgan fingerprint density at radius 2 is 1.68 bits per heavy atom. The average molecular weight is 433 g/mol. The number of amides is 2. The first-order valence-corrected chi connectivity index (χ1v) is 11.6. The Morgan fingerprint density at radius 3 is 2.32 bits per heavy atom. The zero-order chi connectivity index (χ0) is 22.1. The van der Waals surface area contributed by atoms with Crippen molar-refractivity contribution in [2.24, 2.45) is 0 Å². The number of hydrogen-bond acceptors (Lipinski definition) is 3. The first-order valence-electron chi connectivity index (χ1n) is 10.8. The van der Waals surface area contributed by atoms with Gasteiger partial charge in [0.25, 0.3) is 5.91 Å². The van der Waals surface area contributed by atoms with Crippen molar-refractivity contribution in [3.8, 4) is 0 Å². The highest BCUT2D eigenvalue weighted by molar-refractivity contribution is 7.14. The van der Waals surface area contributed by atoms with E-state index < -0.39 is 0 Å². The summed E-state index contributed by atoms with van der Waals surface area (Å²) in [6, 6.07) is 21.6. The van der Waals surface area contributed by atoms with Gasteiger partial charge >= 0.3 is 0 Å². The summed E-state index contributed by atoms with van der Waals surface area (Å²) >= 11 is 1.57. The van der Waals surface area contributed by atoms with Gasteiger partial charge in [-0.15, -0.1) is 11.3 Å². The summed E-state index contributed by atoms with van der Waals surface area (Å²) in [5.41, 5.74) is 2.77. The Morgan fingerprint density at radius 1 is 1.00 bits per heavy atom. The lowest BCUT2D eigenvalue weighted by Crippen LogP contribution is -2.47. The van der Waals surface area contributed by atoms with E-state index in [9.17, 15) is 9.59 Å². The van der Waals surface area contributed by atoms with Gasteiger partial charge in [0.15, 0.2) is 0 Å². The van der Waals surface area contributed by atoms with Crippen molar-refractivity contribution in [3.63, 3.8) is 0 Å². The van der Waals surface area contributed by atoms with E-state index in [1.807, 2.05) is 70.5 Å². The largest absolute Gasteiger partial charge is 0.305 e. The quantitative estimate of drug-likeness (QED) is 0.478. The van der Waals surface area contributed by atoms with Crippen LogP contribution in [-0.2, 0) is 4.79 Å². The van der Waals surface area contributed by atoms with Crippen molar-refractivity contribution in [2.45, 2.75) is 52.1 Å². The molecule has 1 aromatic heterocycles. The molecule has 0 spiro atoms. The van der Waals surface area contributed by atoms with Crippen LogP contribution in [0.2, 0.25) is 0 Å². The van der Waals surface area contributed by atoms with Gasteiger partial charge in [0.2, 0.25) is 5.91 Å². The Kier molecular flexibility index (Phi) is 5.96. The van der Waals surface area contributed by atoms with Crippen LogP contribution >= 0.6 is 11.3 Å². The van der Waals surface area contributed by atoms with Gasteiger partial charge < -0.3 is 9.80 Å². The monoisotopic (exact) mass is 432 g/mol. The molecule has 0 saturated carbocycles. The Hall–Kier alpha value is -2.92. The molecule has 31 heavy (non-hydrogen) atoms. The molecule has 4 nitrogen and oxygen atoms in total. The van der Waals surface area contributed by atoms with Crippen LogP contribution in [0.25, 0.3) is 0 Å². The van der Waals surface area contributed by atoms with E-state index in [1.54, 1.807) is 18.3 Å². The van der Waals surface area contributed by atoms with Gasteiger partial charge in [0.05, 0.1) is 10.9 Å². The molecular weight excluding hydrogens is 404 g/mol. The van der Waals surface area contributed by atoms with Crippen molar-refractivity contribution in [1.82, 2.24) is 0 Å². The molecule has 0 aliphatic carbocycles. The number of anilines is 2. The minimum Gasteiger partial charge on any atom is -0.305 e. The molecule has 1 aliphatic rings. The van der Waals surface area contributed by atoms with E-state index in [1.165, 1.54) is 4.88 Å². The highest BCUT2D eigenvalue weighted by atomic mass is 32.1. The second-order valence-electron chi connectivity index (χ2n) is 8.42. The summed E-state index contributed by atoms with van der Waals surface area (Å²) < 4.78 is 0. The van der Waals surface area contributed by atoms with E-state index in [4.69, 9.17) is 0 Å². The molecule has 0 N–H and O–H groups in total. The molecule has 2 atom stereocenters. The Labute approximate surface area is 188 Å². The maximum Gasteiger partial charge on any atom is 0.268 e. The van der Waals surface area contributed by atoms with Crippen LogP contribution in [0.3, 0.4) is 0 Å². The molecule has 2 aromatic carbocycles. The van der Waals surface area contributed by atoms with Crippen molar-refractivity contribution >= 4 is 34.5 Å². The molecule has 160 valence electrons. The van der Waals surface area contributed by atoms with E-state index >= 15 is 0 Å². The summed E-state index contributed by atoms with van der Waals surface area (Å²) in [5, 5.41) is 0. The number of fused-ring (bicyclic) bond motifs is 1. The zero-order valence-corrected chi connectivity index (χ0v) is 19.2. The molecule has 0 bridgehead atoms. The molecule has 0 fully saturated rings. The van der Waals surface area contributed by atoms with Crippen LogP contribution < -0.4 is 9.80 Å².